The minimum Gasteiger partial charge on any atom is -0.487 e. The molecule has 0 spiro atoms. The zero-order valence-electron chi connectivity index (χ0n) is 58.2. The van der Waals surface area contributed by atoms with Crippen molar-refractivity contribution in [2.24, 2.45) is 0 Å². The van der Waals surface area contributed by atoms with Gasteiger partial charge in [0.05, 0.1) is 46.0 Å². The Kier molecular flexibility index (Phi) is 14.6. The summed E-state index contributed by atoms with van der Waals surface area (Å²) < 4.78 is 14.5. The van der Waals surface area contributed by atoms with Crippen molar-refractivity contribution in [3.63, 3.8) is 0 Å². The van der Waals surface area contributed by atoms with Crippen LogP contribution in [0.1, 0.15) is 108 Å². The second kappa shape index (κ2) is 22.9. The highest BCUT2D eigenvalue weighted by Crippen LogP contribution is 2.51. The van der Waals surface area contributed by atoms with E-state index in [2.05, 4.69) is 258 Å². The predicted octanol–water partition coefficient (Wildman–Crippen LogP) is 9.98. The van der Waals surface area contributed by atoms with Crippen LogP contribution in [0.25, 0.3) is 94.4 Å². The van der Waals surface area contributed by atoms with Gasteiger partial charge in [0.25, 0.3) is 6.71 Å². The summed E-state index contributed by atoms with van der Waals surface area (Å²) in [6.07, 6.45) is 6.80. The third kappa shape index (κ3) is 9.72. The number of fused-ring (bicyclic) bond motifs is 13. The fourth-order valence-electron chi connectivity index (χ4n) is 16.3. The van der Waals surface area contributed by atoms with Gasteiger partial charge in [0, 0.05) is 84.8 Å². The average Bonchev–Trinajstić information content (AvgIpc) is 1.70. The molecule has 0 fully saturated rings. The first kappa shape index (κ1) is 64.2. The molecule has 13 aromatic rings. The van der Waals surface area contributed by atoms with Crippen molar-refractivity contribution >= 4 is 202 Å². The number of rotatable bonds is 6. The number of hydrogen-bond donors (Lipinski definition) is 0. The largest absolute Gasteiger partial charge is 0.487 e. The SMILES string of the molecule is [B]c1c([B])c([B])c2c(c1[B])c1c([B])c([B])c([B])c([B])c1n2-c1ccc2c(c1)OC1CC(c3cc(C#N)ccc3-n3c4c(c5ccccc53)C=CC#CC4)=CC3=C1B2c1ccc(-n2c4ccc(C(C)(C)C)cc4c4cc(C(C)(C)C)ccc42)cc1N3c1ccc(C(C)(C)C)cc1-c1ccccc1. The van der Waals surface area contributed by atoms with Crippen molar-refractivity contribution in [2.75, 3.05) is 4.90 Å². The Morgan fingerprint density at radius 3 is 1.70 bits per heavy atom. The van der Waals surface area contributed by atoms with Crippen LogP contribution in [-0.2, 0) is 22.7 Å². The van der Waals surface area contributed by atoms with Crippen LogP contribution < -0.4 is 64.3 Å². The number of hydrogen-bond acceptors (Lipinski definition) is 3. The summed E-state index contributed by atoms with van der Waals surface area (Å²) in [4.78, 5) is 2.51. The minimum absolute atomic E-state index is 0.0968. The van der Waals surface area contributed by atoms with E-state index in [1.165, 1.54) is 27.5 Å². The number of anilines is 2. The number of benzene rings is 10. The molecule has 10 aromatic carbocycles. The molecule has 0 saturated heterocycles. The molecule has 17 rings (SSSR count). The van der Waals surface area contributed by atoms with Crippen LogP contribution >= 0.6 is 0 Å². The van der Waals surface area contributed by atoms with Crippen molar-refractivity contribution in [1.82, 2.24) is 13.7 Å². The van der Waals surface area contributed by atoms with Gasteiger partial charge in [-0.25, -0.2) is 0 Å². The van der Waals surface area contributed by atoms with Gasteiger partial charge in [0.1, 0.15) is 74.6 Å². The van der Waals surface area contributed by atoms with Crippen molar-refractivity contribution in [3.05, 3.63) is 226 Å². The van der Waals surface area contributed by atoms with E-state index in [1.807, 2.05) is 22.8 Å². The van der Waals surface area contributed by atoms with Gasteiger partial charge >= 0.3 is 0 Å². The molecular weight excluding hydrogens is 1220 g/mol. The Balaban J connectivity index is 0.989. The standard InChI is InChI=1S/C86H62B9N5O/c1-84(2,3)48-25-33-64(56(39-48)46-18-12-10-13-19-46)100-67-42-51(97-65-34-26-49(85(4,5)6)40-57(65)58-41-50(86(7,8)9)27-35-66(58)97)28-30-59(67)95-60-31-29-52(98-82-71(73(87)75(89)77(91)79(82)93)72-74(88)76(90)78(92)80(94)83(72)98)43-69(60)101-70-38-47(37-68(100)81(70)95)55-36-45(44-96)24-32-63(55)99-61-22-15-11-14-20-53(61)54-21-16-17-23-62(54)99/h10,12-14,16-21,23-37,39-43,70H,22,38H2,1-9H3. The lowest BCUT2D eigenvalue weighted by molar-refractivity contribution is 0.246. The third-order valence-electron chi connectivity index (χ3n) is 21.6. The fourth-order valence-corrected chi connectivity index (χ4v) is 16.3. The first-order valence-corrected chi connectivity index (χ1v) is 34.4. The summed E-state index contributed by atoms with van der Waals surface area (Å²) in [5, 5.41) is 15.4. The van der Waals surface area contributed by atoms with Gasteiger partial charge in [-0.3, -0.25) is 0 Å². The lowest BCUT2D eigenvalue weighted by Crippen LogP contribution is -2.58. The molecule has 0 amide bonds. The molecule has 3 aromatic heterocycles. The predicted molar refractivity (Wildman–Crippen MR) is 432 cm³/mol. The van der Waals surface area contributed by atoms with Crippen molar-refractivity contribution in [2.45, 2.75) is 97.5 Å². The smallest absolute Gasteiger partial charge is 0.251 e. The first-order valence-electron chi connectivity index (χ1n) is 34.4. The first-order chi connectivity index (χ1) is 48.3. The molecule has 4 aliphatic rings. The fraction of sp³-hybridized carbons (Fsp3) is 0.174. The Hall–Kier alpha value is -10.2. The van der Waals surface area contributed by atoms with E-state index < -0.39 is 6.10 Å². The van der Waals surface area contributed by atoms with Crippen molar-refractivity contribution < 1.29 is 4.74 Å². The maximum atomic E-state index is 11.0. The summed E-state index contributed by atoms with van der Waals surface area (Å²) >= 11 is 0. The molecule has 16 radical (unpaired) electrons. The Morgan fingerprint density at radius 1 is 0.505 bits per heavy atom. The van der Waals surface area contributed by atoms with Gasteiger partial charge < -0.3 is 23.3 Å². The monoisotopic (exact) mass is 1280 g/mol. The van der Waals surface area contributed by atoms with Crippen LogP contribution in [-0.4, -0.2) is 89.3 Å². The number of nitrogens with zero attached hydrogens (tertiary/aromatic N) is 5. The molecule has 1 unspecified atom stereocenters. The van der Waals surface area contributed by atoms with Crippen LogP contribution in [0.15, 0.2) is 187 Å². The second-order valence-electron chi connectivity index (χ2n) is 30.7. The summed E-state index contributed by atoms with van der Waals surface area (Å²) in [6, 6.07) is 62.2. The summed E-state index contributed by atoms with van der Waals surface area (Å²) in [5.74, 6) is 7.31. The number of ether oxygens (including phenoxy) is 1. The maximum absolute atomic E-state index is 11.0. The molecule has 1 atom stereocenters. The minimum atomic E-state index is -0.593. The highest BCUT2D eigenvalue weighted by atomic mass is 16.5. The van der Waals surface area contributed by atoms with Gasteiger partial charge in [-0.15, -0.1) is 21.9 Å². The molecule has 2 aliphatic heterocycles. The van der Waals surface area contributed by atoms with Gasteiger partial charge in [0.2, 0.25) is 0 Å². The van der Waals surface area contributed by atoms with Crippen molar-refractivity contribution in [1.29, 1.82) is 5.26 Å². The number of nitriles is 1. The van der Waals surface area contributed by atoms with Crippen LogP contribution in [0.4, 0.5) is 11.4 Å². The molecule has 0 bridgehead atoms. The molecule has 6 nitrogen and oxygen atoms in total. The molecule has 5 heterocycles. The van der Waals surface area contributed by atoms with Gasteiger partial charge in [-0.1, -0.05) is 175 Å². The molecule has 464 valence electrons. The van der Waals surface area contributed by atoms with E-state index >= 15 is 0 Å². The molecule has 101 heavy (non-hydrogen) atoms. The summed E-state index contributed by atoms with van der Waals surface area (Å²) in [6.45, 7) is 20.1. The van der Waals surface area contributed by atoms with E-state index in [0.29, 0.717) is 51.6 Å². The third-order valence-corrected chi connectivity index (χ3v) is 21.6. The molecule has 15 heteroatoms. The lowest BCUT2D eigenvalue weighted by atomic mass is 9.32. The summed E-state index contributed by atoms with van der Waals surface area (Å²) in [7, 11) is 55.0. The zero-order chi connectivity index (χ0) is 70.4. The Morgan fingerprint density at radius 2 is 1.07 bits per heavy atom. The molecule has 2 aliphatic carbocycles. The Bertz CT molecular complexity index is 5930. The van der Waals surface area contributed by atoms with Gasteiger partial charge in [-0.2, -0.15) is 5.26 Å². The molecular formula is C86H62B9N5O. The highest BCUT2D eigenvalue weighted by molar-refractivity contribution is 6.93. The quantitative estimate of drug-likeness (QED) is 0.123. The normalized spacial score (nSPS) is 14.9. The number of aromatic nitrogens is 3. The topological polar surface area (TPSA) is 51.1 Å². The number of allylic oxidation sites excluding steroid dienone is 2. The van der Waals surface area contributed by atoms with E-state index in [4.69, 9.17) is 67.5 Å². The van der Waals surface area contributed by atoms with Crippen LogP contribution in [0.2, 0.25) is 0 Å². The molecule has 0 N–H and O–H groups in total. The van der Waals surface area contributed by atoms with Gasteiger partial charge in [0.15, 0.2) is 0 Å². The van der Waals surface area contributed by atoms with Crippen LogP contribution in [0, 0.1) is 23.2 Å². The average molecular weight is 1280 g/mol. The van der Waals surface area contributed by atoms with Crippen LogP contribution in [0.5, 0.6) is 5.75 Å². The van der Waals surface area contributed by atoms with Gasteiger partial charge in [-0.05, 0) is 168 Å². The highest BCUT2D eigenvalue weighted by Gasteiger charge is 2.48. The zero-order valence-corrected chi connectivity index (χ0v) is 58.2. The second-order valence-corrected chi connectivity index (χ2v) is 30.7. The van der Waals surface area contributed by atoms with Crippen molar-refractivity contribution in [3.8, 4) is 51.8 Å². The lowest BCUT2D eigenvalue weighted by Gasteiger charge is -2.46. The van der Waals surface area contributed by atoms with E-state index in [-0.39, 0.29) is 66.7 Å². The van der Waals surface area contributed by atoms with Crippen LogP contribution in [0.3, 0.4) is 0 Å². The van der Waals surface area contributed by atoms with E-state index in [9.17, 15) is 5.26 Å². The molecule has 0 saturated carbocycles. The maximum Gasteiger partial charge on any atom is 0.251 e. The Labute approximate surface area is 601 Å². The van der Waals surface area contributed by atoms with E-state index in [0.717, 1.165) is 100 Å². The summed E-state index contributed by atoms with van der Waals surface area (Å²) in [5.41, 5.74) is 23.9. The number of para-hydroxylation sites is 1. The van der Waals surface area contributed by atoms with E-state index in [1.54, 1.807) is 0 Å².